The molecule has 3 rings (SSSR count). The van der Waals surface area contributed by atoms with E-state index >= 15 is 0 Å². The summed E-state index contributed by atoms with van der Waals surface area (Å²) in [6.07, 6.45) is 0. The van der Waals surface area contributed by atoms with Gasteiger partial charge in [0.1, 0.15) is 24.7 Å². The maximum absolute atomic E-state index is 12.8. The summed E-state index contributed by atoms with van der Waals surface area (Å²) in [4.78, 5) is 36.3. The molecule has 1 atom stereocenters. The number of aliphatic hydroxyl groups excluding tert-OH is 1. The Morgan fingerprint density at radius 1 is 0.842 bits per heavy atom. The van der Waals surface area contributed by atoms with E-state index in [-0.39, 0.29) is 35.3 Å². The minimum Gasteiger partial charge on any atom is -0.497 e. The molecule has 1 amide bonds. The van der Waals surface area contributed by atoms with Crippen molar-refractivity contribution in [1.29, 1.82) is 0 Å². The Kier molecular flexibility index (Phi) is 9.92. The number of ether oxygens (including phenoxy) is 4. The molecule has 3 N–H and O–H groups in total. The minimum atomic E-state index is -1.65. The zero-order chi connectivity index (χ0) is 27.7. The number of carbonyl (C=O) groups excluding carboxylic acids is 2. The van der Waals surface area contributed by atoms with Crippen LogP contribution in [0.3, 0.4) is 0 Å². The van der Waals surface area contributed by atoms with Crippen LogP contribution in [0.5, 0.6) is 23.0 Å². The van der Waals surface area contributed by atoms with Gasteiger partial charge in [-0.25, -0.2) is 4.79 Å². The Labute approximate surface area is 223 Å². The summed E-state index contributed by atoms with van der Waals surface area (Å²) >= 11 is 6.51. The van der Waals surface area contributed by atoms with Gasteiger partial charge in [0.15, 0.2) is 17.5 Å². The molecule has 0 unspecified atom stereocenters. The predicted octanol–water partition coefficient (Wildman–Crippen LogP) is 3.26. The van der Waals surface area contributed by atoms with Gasteiger partial charge in [0, 0.05) is 0 Å². The second-order valence-electron chi connectivity index (χ2n) is 7.90. The Bertz CT molecular complexity index is 1280. The Morgan fingerprint density at radius 2 is 1.37 bits per heavy atom. The summed E-state index contributed by atoms with van der Waals surface area (Å²) in [6, 6.07) is 15.3. The molecule has 0 saturated carbocycles. The van der Waals surface area contributed by atoms with Gasteiger partial charge in [-0.05, 0) is 47.5 Å². The average Bonchev–Trinajstić information content (AvgIpc) is 2.94. The summed E-state index contributed by atoms with van der Waals surface area (Å²) in [7, 11) is 3.12. The number of carbonyl (C=O) groups is 3. The smallest absolute Gasteiger partial charge is 0.328 e. The number of ketones is 1. The van der Waals surface area contributed by atoms with Crippen LogP contribution < -0.4 is 24.3 Å². The number of amides is 1. The lowest BCUT2D eigenvalue weighted by atomic mass is 10.1. The van der Waals surface area contributed by atoms with Crippen LogP contribution in [-0.4, -0.2) is 54.7 Å². The summed E-state index contributed by atoms with van der Waals surface area (Å²) in [5.41, 5.74) is 1.36. The molecule has 3 aromatic carbocycles. The molecule has 0 aliphatic rings. The standard InChI is InChI=1S/C27H26ClNO9/c1-35-18-7-3-16(4-8-18)14-37-22-12-11-20(24(31)26(32)29-21(13-30)27(33)34)23(28)25(22)38-15-17-5-9-19(36-2)10-6-17/h3-12,21,30H,13-15H2,1-2H3,(H,29,32)(H,33,34)/t21-/m1/s1. The first-order valence-electron chi connectivity index (χ1n) is 11.3. The lowest BCUT2D eigenvalue weighted by molar-refractivity contribution is -0.142. The number of Topliss-reactive ketones (excluding diaryl/α,β-unsaturated/α-hetero) is 1. The highest BCUT2D eigenvalue weighted by molar-refractivity contribution is 6.47. The molecule has 0 spiro atoms. The lowest BCUT2D eigenvalue weighted by Crippen LogP contribution is -2.46. The van der Waals surface area contributed by atoms with E-state index in [9.17, 15) is 14.4 Å². The van der Waals surface area contributed by atoms with Crippen molar-refractivity contribution in [1.82, 2.24) is 5.32 Å². The van der Waals surface area contributed by atoms with Crippen molar-refractivity contribution in [3.05, 3.63) is 82.4 Å². The maximum atomic E-state index is 12.8. The van der Waals surface area contributed by atoms with Crippen LogP contribution in [-0.2, 0) is 22.8 Å². The van der Waals surface area contributed by atoms with Crippen molar-refractivity contribution in [3.63, 3.8) is 0 Å². The van der Waals surface area contributed by atoms with Crippen molar-refractivity contribution in [2.24, 2.45) is 0 Å². The molecule has 0 aliphatic heterocycles. The van der Waals surface area contributed by atoms with Gasteiger partial charge in [0.2, 0.25) is 0 Å². The molecule has 0 aliphatic carbocycles. The monoisotopic (exact) mass is 543 g/mol. The van der Waals surface area contributed by atoms with E-state index in [1.165, 1.54) is 12.1 Å². The van der Waals surface area contributed by atoms with E-state index in [1.54, 1.807) is 50.6 Å². The highest BCUT2D eigenvalue weighted by Crippen LogP contribution is 2.39. The first-order chi connectivity index (χ1) is 18.3. The molecular formula is C27H26ClNO9. The van der Waals surface area contributed by atoms with E-state index in [0.29, 0.717) is 11.5 Å². The molecule has 0 aromatic heterocycles. The Balaban J connectivity index is 1.87. The van der Waals surface area contributed by atoms with Crippen LogP contribution in [0.4, 0.5) is 0 Å². The fourth-order valence-corrected chi connectivity index (χ4v) is 3.55. The largest absolute Gasteiger partial charge is 0.497 e. The van der Waals surface area contributed by atoms with Crippen LogP contribution in [0.25, 0.3) is 0 Å². The van der Waals surface area contributed by atoms with Gasteiger partial charge in [-0.3, -0.25) is 9.59 Å². The molecule has 0 bridgehead atoms. The number of hydrogen-bond donors (Lipinski definition) is 3. The molecule has 38 heavy (non-hydrogen) atoms. The predicted molar refractivity (Wildman–Crippen MR) is 137 cm³/mol. The molecule has 10 nitrogen and oxygen atoms in total. The summed E-state index contributed by atoms with van der Waals surface area (Å²) in [5.74, 6) is -2.26. The molecule has 0 saturated heterocycles. The van der Waals surface area contributed by atoms with E-state index in [4.69, 9.17) is 40.8 Å². The number of aliphatic hydroxyl groups is 1. The topological polar surface area (TPSA) is 141 Å². The van der Waals surface area contributed by atoms with Crippen molar-refractivity contribution >= 4 is 29.3 Å². The number of methoxy groups -OCH3 is 2. The van der Waals surface area contributed by atoms with Crippen LogP contribution in [0, 0.1) is 0 Å². The van der Waals surface area contributed by atoms with Gasteiger partial charge in [-0.2, -0.15) is 0 Å². The van der Waals surface area contributed by atoms with E-state index < -0.39 is 30.3 Å². The zero-order valence-corrected chi connectivity index (χ0v) is 21.4. The molecule has 0 radical (unpaired) electrons. The number of hydrogen-bond acceptors (Lipinski definition) is 8. The number of carboxylic acids is 1. The van der Waals surface area contributed by atoms with Gasteiger partial charge in [0.05, 0.1) is 31.4 Å². The average molecular weight is 544 g/mol. The fraction of sp³-hybridized carbons (Fsp3) is 0.222. The highest BCUT2D eigenvalue weighted by Gasteiger charge is 2.27. The molecule has 11 heteroatoms. The van der Waals surface area contributed by atoms with Crippen LogP contribution >= 0.6 is 11.6 Å². The van der Waals surface area contributed by atoms with Gasteiger partial charge in [-0.15, -0.1) is 0 Å². The summed E-state index contributed by atoms with van der Waals surface area (Å²) < 4.78 is 22.2. The fourth-order valence-electron chi connectivity index (χ4n) is 3.25. The second-order valence-corrected chi connectivity index (χ2v) is 8.28. The van der Waals surface area contributed by atoms with Crippen molar-refractivity contribution in [3.8, 4) is 23.0 Å². The Hall–Kier alpha value is -4.28. The molecule has 3 aromatic rings. The SMILES string of the molecule is COc1ccc(COc2ccc(C(=O)C(=O)N[C@H](CO)C(=O)O)c(Cl)c2OCc2ccc(OC)cc2)cc1. The zero-order valence-electron chi connectivity index (χ0n) is 20.6. The number of halogens is 1. The first-order valence-corrected chi connectivity index (χ1v) is 11.7. The Morgan fingerprint density at radius 3 is 1.84 bits per heavy atom. The van der Waals surface area contributed by atoms with Crippen LogP contribution in [0.2, 0.25) is 5.02 Å². The van der Waals surface area contributed by atoms with Gasteiger partial charge >= 0.3 is 5.97 Å². The number of benzene rings is 3. The van der Waals surface area contributed by atoms with Crippen molar-refractivity contribution < 1.29 is 43.5 Å². The number of aliphatic carboxylic acids is 1. The highest BCUT2D eigenvalue weighted by atomic mass is 35.5. The minimum absolute atomic E-state index is 0.0200. The first kappa shape index (κ1) is 28.3. The summed E-state index contributed by atoms with van der Waals surface area (Å²) in [6.45, 7) is -0.696. The maximum Gasteiger partial charge on any atom is 0.328 e. The molecule has 200 valence electrons. The molecule has 0 fully saturated rings. The summed E-state index contributed by atoms with van der Waals surface area (Å²) in [5, 5.41) is 19.9. The third-order valence-corrected chi connectivity index (χ3v) is 5.77. The normalized spacial score (nSPS) is 11.3. The van der Waals surface area contributed by atoms with Crippen LogP contribution in [0.1, 0.15) is 21.5 Å². The number of rotatable bonds is 13. The third kappa shape index (κ3) is 7.15. The van der Waals surface area contributed by atoms with Crippen LogP contribution in [0.15, 0.2) is 60.7 Å². The number of nitrogens with one attached hydrogen (secondary N) is 1. The third-order valence-electron chi connectivity index (χ3n) is 5.39. The number of carboxylic acid groups (broad SMARTS) is 1. The second kappa shape index (κ2) is 13.3. The van der Waals surface area contributed by atoms with E-state index in [0.717, 1.165) is 11.1 Å². The van der Waals surface area contributed by atoms with Crippen molar-refractivity contribution in [2.75, 3.05) is 20.8 Å². The van der Waals surface area contributed by atoms with Gasteiger partial charge in [0.25, 0.3) is 11.7 Å². The molecule has 0 heterocycles. The van der Waals surface area contributed by atoms with Crippen molar-refractivity contribution in [2.45, 2.75) is 19.3 Å². The quantitative estimate of drug-likeness (QED) is 0.219. The van der Waals surface area contributed by atoms with E-state index in [1.807, 2.05) is 17.4 Å². The van der Waals surface area contributed by atoms with Gasteiger partial charge in [-0.1, -0.05) is 35.9 Å². The molecular weight excluding hydrogens is 518 g/mol. The lowest BCUT2D eigenvalue weighted by Gasteiger charge is -2.17. The van der Waals surface area contributed by atoms with Gasteiger partial charge < -0.3 is 34.5 Å². The van der Waals surface area contributed by atoms with E-state index in [2.05, 4.69) is 0 Å².